The molecule has 2 aromatic carbocycles. The molecule has 1 heterocycles. The predicted octanol–water partition coefficient (Wildman–Crippen LogP) is 3.66. The second kappa shape index (κ2) is 9.32. The van der Waals surface area contributed by atoms with Gasteiger partial charge in [0, 0.05) is 11.3 Å². The molecule has 1 aromatic heterocycles. The monoisotopic (exact) mass is 392 g/mol. The number of rotatable bonds is 7. The summed E-state index contributed by atoms with van der Waals surface area (Å²) >= 11 is 0. The Morgan fingerprint density at radius 2 is 1.66 bits per heavy atom. The first-order valence-corrected chi connectivity index (χ1v) is 8.92. The van der Waals surface area contributed by atoms with Crippen molar-refractivity contribution >= 4 is 29.2 Å². The Hall–Kier alpha value is -3.94. The van der Waals surface area contributed by atoms with Gasteiger partial charge in [0.2, 0.25) is 0 Å². The number of nitrogens with one attached hydrogen (secondary N) is 2. The molecular formula is C21H20N4O4. The van der Waals surface area contributed by atoms with Crippen molar-refractivity contribution in [3.8, 4) is 5.75 Å². The molecule has 2 N–H and O–H groups in total. The van der Waals surface area contributed by atoms with Crippen LogP contribution in [0, 0.1) is 0 Å². The first-order valence-electron chi connectivity index (χ1n) is 8.92. The van der Waals surface area contributed by atoms with Gasteiger partial charge in [-0.25, -0.2) is 4.79 Å². The van der Waals surface area contributed by atoms with Crippen LogP contribution in [0.5, 0.6) is 5.75 Å². The lowest BCUT2D eigenvalue weighted by Crippen LogP contribution is -2.13. The zero-order chi connectivity index (χ0) is 20.6. The lowest BCUT2D eigenvalue weighted by atomic mass is 10.2. The summed E-state index contributed by atoms with van der Waals surface area (Å²) in [5, 5.41) is 13.8. The Kier molecular flexibility index (Phi) is 6.36. The molecule has 148 valence electrons. The van der Waals surface area contributed by atoms with Gasteiger partial charge in [0.05, 0.1) is 19.3 Å². The smallest absolute Gasteiger partial charge is 0.338 e. The maximum Gasteiger partial charge on any atom is 0.338 e. The minimum Gasteiger partial charge on any atom is -0.497 e. The summed E-state index contributed by atoms with van der Waals surface area (Å²) in [6.45, 7) is 2.09. The van der Waals surface area contributed by atoms with Crippen molar-refractivity contribution in [2.45, 2.75) is 6.92 Å². The van der Waals surface area contributed by atoms with Crippen molar-refractivity contribution in [2.75, 3.05) is 24.4 Å². The van der Waals surface area contributed by atoms with Crippen molar-refractivity contribution < 1.29 is 19.1 Å². The molecule has 3 rings (SSSR count). The second-order valence-electron chi connectivity index (χ2n) is 5.91. The lowest BCUT2D eigenvalue weighted by Gasteiger charge is -2.08. The largest absolute Gasteiger partial charge is 0.497 e. The molecule has 0 aliphatic heterocycles. The van der Waals surface area contributed by atoms with Crippen LogP contribution in [0.15, 0.2) is 60.7 Å². The summed E-state index contributed by atoms with van der Waals surface area (Å²) in [5.74, 6) is 0.731. The SMILES string of the molecule is CCOC(=O)c1ccc(Nc2ccc(NC(=O)c3cccc(OC)c3)nn2)cc1. The van der Waals surface area contributed by atoms with Crippen molar-refractivity contribution in [3.63, 3.8) is 0 Å². The molecule has 0 unspecified atom stereocenters. The highest BCUT2D eigenvalue weighted by molar-refractivity contribution is 6.04. The van der Waals surface area contributed by atoms with Gasteiger partial charge in [-0.15, -0.1) is 10.2 Å². The number of carbonyl (C=O) groups excluding carboxylic acids is 2. The number of amides is 1. The molecule has 0 bridgehead atoms. The molecule has 0 atom stereocenters. The number of benzene rings is 2. The maximum absolute atomic E-state index is 12.3. The Morgan fingerprint density at radius 1 is 0.931 bits per heavy atom. The van der Waals surface area contributed by atoms with E-state index in [1.165, 1.54) is 0 Å². The predicted molar refractivity (Wildman–Crippen MR) is 109 cm³/mol. The number of anilines is 3. The number of nitrogens with zero attached hydrogens (tertiary/aromatic N) is 2. The van der Waals surface area contributed by atoms with E-state index in [4.69, 9.17) is 9.47 Å². The van der Waals surface area contributed by atoms with Gasteiger partial charge in [-0.05, 0) is 61.5 Å². The molecule has 0 aliphatic rings. The Bertz CT molecular complexity index is 988. The van der Waals surface area contributed by atoms with E-state index in [-0.39, 0.29) is 11.9 Å². The molecule has 3 aromatic rings. The minimum atomic E-state index is -0.366. The average molecular weight is 392 g/mol. The summed E-state index contributed by atoms with van der Waals surface area (Å²) in [6, 6.07) is 17.0. The van der Waals surface area contributed by atoms with Crippen LogP contribution in [-0.4, -0.2) is 35.8 Å². The normalized spacial score (nSPS) is 10.1. The van der Waals surface area contributed by atoms with Crippen LogP contribution < -0.4 is 15.4 Å². The third-order valence-electron chi connectivity index (χ3n) is 3.91. The fraction of sp³-hybridized carbons (Fsp3) is 0.143. The molecular weight excluding hydrogens is 372 g/mol. The van der Waals surface area contributed by atoms with Gasteiger partial charge in [-0.1, -0.05) is 6.07 Å². The van der Waals surface area contributed by atoms with Crippen LogP contribution in [0.3, 0.4) is 0 Å². The number of carbonyl (C=O) groups is 2. The van der Waals surface area contributed by atoms with E-state index in [9.17, 15) is 9.59 Å². The van der Waals surface area contributed by atoms with E-state index in [1.807, 2.05) is 0 Å². The van der Waals surface area contributed by atoms with Crippen LogP contribution in [-0.2, 0) is 4.74 Å². The van der Waals surface area contributed by atoms with Crippen molar-refractivity contribution in [1.82, 2.24) is 10.2 Å². The average Bonchev–Trinajstić information content (AvgIpc) is 2.76. The fourth-order valence-electron chi connectivity index (χ4n) is 2.47. The van der Waals surface area contributed by atoms with Gasteiger partial charge in [0.1, 0.15) is 5.75 Å². The second-order valence-corrected chi connectivity index (χ2v) is 5.91. The minimum absolute atomic E-state index is 0.312. The maximum atomic E-state index is 12.3. The molecule has 29 heavy (non-hydrogen) atoms. The molecule has 8 heteroatoms. The van der Waals surface area contributed by atoms with Gasteiger partial charge in [-0.3, -0.25) is 4.79 Å². The van der Waals surface area contributed by atoms with Crippen molar-refractivity contribution in [2.24, 2.45) is 0 Å². The van der Waals surface area contributed by atoms with Crippen molar-refractivity contribution in [3.05, 3.63) is 71.8 Å². The summed E-state index contributed by atoms with van der Waals surface area (Å²) < 4.78 is 10.1. The van der Waals surface area contributed by atoms with Crippen LogP contribution >= 0.6 is 0 Å². The van der Waals surface area contributed by atoms with Crippen LogP contribution in [0.4, 0.5) is 17.3 Å². The number of esters is 1. The highest BCUT2D eigenvalue weighted by Gasteiger charge is 2.09. The molecule has 0 saturated heterocycles. The highest BCUT2D eigenvalue weighted by atomic mass is 16.5. The van der Waals surface area contributed by atoms with Gasteiger partial charge in [-0.2, -0.15) is 0 Å². The Balaban J connectivity index is 1.61. The third kappa shape index (κ3) is 5.29. The van der Waals surface area contributed by atoms with Gasteiger partial charge in [0.25, 0.3) is 5.91 Å². The van der Waals surface area contributed by atoms with E-state index in [0.29, 0.717) is 35.1 Å². The number of hydrogen-bond acceptors (Lipinski definition) is 7. The fourth-order valence-corrected chi connectivity index (χ4v) is 2.47. The Morgan fingerprint density at radius 3 is 2.31 bits per heavy atom. The standard InChI is InChI=1S/C21H20N4O4/c1-3-29-21(27)14-7-9-16(10-8-14)22-18-11-12-19(25-24-18)23-20(26)15-5-4-6-17(13-15)28-2/h4-13H,3H2,1-2H3,(H,22,24)(H,23,25,26). The highest BCUT2D eigenvalue weighted by Crippen LogP contribution is 2.17. The summed E-state index contributed by atoms with van der Waals surface area (Å²) in [7, 11) is 1.54. The third-order valence-corrected chi connectivity index (χ3v) is 3.91. The van der Waals surface area contributed by atoms with E-state index in [1.54, 1.807) is 74.7 Å². The zero-order valence-corrected chi connectivity index (χ0v) is 16.0. The number of aromatic nitrogens is 2. The van der Waals surface area contributed by atoms with Crippen LogP contribution in [0.2, 0.25) is 0 Å². The van der Waals surface area contributed by atoms with E-state index < -0.39 is 0 Å². The quantitative estimate of drug-likeness (QED) is 0.592. The lowest BCUT2D eigenvalue weighted by molar-refractivity contribution is 0.0526. The number of hydrogen-bond donors (Lipinski definition) is 2. The molecule has 0 aliphatic carbocycles. The van der Waals surface area contributed by atoms with E-state index in [0.717, 1.165) is 5.69 Å². The van der Waals surface area contributed by atoms with E-state index in [2.05, 4.69) is 20.8 Å². The molecule has 0 radical (unpaired) electrons. The Labute approximate surface area is 167 Å². The van der Waals surface area contributed by atoms with Crippen molar-refractivity contribution in [1.29, 1.82) is 0 Å². The van der Waals surface area contributed by atoms with Gasteiger partial charge in [0.15, 0.2) is 11.6 Å². The van der Waals surface area contributed by atoms with Gasteiger partial charge >= 0.3 is 5.97 Å². The van der Waals surface area contributed by atoms with Crippen LogP contribution in [0.25, 0.3) is 0 Å². The molecule has 0 fully saturated rings. The van der Waals surface area contributed by atoms with E-state index >= 15 is 0 Å². The van der Waals surface area contributed by atoms with Gasteiger partial charge < -0.3 is 20.1 Å². The molecule has 0 spiro atoms. The number of ether oxygens (including phenoxy) is 2. The summed E-state index contributed by atoms with van der Waals surface area (Å²) in [5.41, 5.74) is 1.66. The molecule has 8 nitrogen and oxygen atoms in total. The summed E-state index contributed by atoms with van der Waals surface area (Å²) in [4.78, 5) is 24.0. The first kappa shape index (κ1) is 19.8. The van der Waals surface area contributed by atoms with Crippen LogP contribution in [0.1, 0.15) is 27.6 Å². The number of methoxy groups -OCH3 is 1. The zero-order valence-electron chi connectivity index (χ0n) is 16.0. The molecule has 0 saturated carbocycles. The first-order chi connectivity index (χ1) is 14.1. The topological polar surface area (TPSA) is 102 Å². The summed E-state index contributed by atoms with van der Waals surface area (Å²) in [6.07, 6.45) is 0. The molecule has 1 amide bonds.